The van der Waals surface area contributed by atoms with Crippen LogP contribution in [0.25, 0.3) is 11.0 Å². The topological polar surface area (TPSA) is 43.8 Å². The van der Waals surface area contributed by atoms with Gasteiger partial charge in [-0.2, -0.15) is 0 Å². The normalized spacial score (nSPS) is 13.0. The Morgan fingerprint density at radius 3 is 2.84 bits per heavy atom. The molecule has 0 radical (unpaired) electrons. The van der Waals surface area contributed by atoms with E-state index in [0.29, 0.717) is 12.0 Å². The van der Waals surface area contributed by atoms with Crippen LogP contribution in [-0.2, 0) is 0 Å². The minimum absolute atomic E-state index is 0.418. The molecule has 0 fully saturated rings. The van der Waals surface area contributed by atoms with Crippen molar-refractivity contribution in [3.8, 4) is 0 Å². The fraction of sp³-hybridized carbons (Fsp3) is 0.533. The lowest BCUT2D eigenvalue weighted by atomic mass is 10.1. The van der Waals surface area contributed by atoms with Gasteiger partial charge in [0.15, 0.2) is 0 Å². The van der Waals surface area contributed by atoms with E-state index in [-0.39, 0.29) is 0 Å². The molecule has 0 aliphatic rings. The molecule has 0 saturated heterocycles. The van der Waals surface area contributed by atoms with Crippen LogP contribution >= 0.6 is 22.6 Å². The average molecular weight is 371 g/mol. The van der Waals surface area contributed by atoms with E-state index in [9.17, 15) is 0 Å². The molecule has 19 heavy (non-hydrogen) atoms. The number of nitrogen functional groups attached to an aromatic ring is 1. The number of anilines is 1. The summed E-state index contributed by atoms with van der Waals surface area (Å²) in [5.41, 5.74) is 8.24. The van der Waals surface area contributed by atoms with Gasteiger partial charge in [-0.3, -0.25) is 0 Å². The summed E-state index contributed by atoms with van der Waals surface area (Å²) in [4.78, 5) is 4.48. The first-order chi connectivity index (χ1) is 9.13. The summed E-state index contributed by atoms with van der Waals surface area (Å²) >= 11 is 2.31. The predicted octanol–water partition coefficient (Wildman–Crippen LogP) is 4.75. The zero-order valence-corrected chi connectivity index (χ0v) is 13.9. The first kappa shape index (κ1) is 14.6. The second-order valence-corrected chi connectivity index (χ2v) is 6.42. The van der Waals surface area contributed by atoms with Crippen LogP contribution in [0.3, 0.4) is 0 Å². The van der Waals surface area contributed by atoms with Crippen molar-refractivity contribution >= 4 is 39.6 Å². The molecular formula is C15H22IN3. The van der Waals surface area contributed by atoms with Crippen molar-refractivity contribution in [2.45, 2.75) is 52.0 Å². The van der Waals surface area contributed by atoms with Crippen molar-refractivity contribution in [1.29, 1.82) is 0 Å². The van der Waals surface area contributed by atoms with Gasteiger partial charge in [0.1, 0.15) is 0 Å². The lowest BCUT2D eigenvalue weighted by molar-refractivity contribution is 0.486. The maximum Gasteiger partial charge on any atom is 0.201 e. The lowest BCUT2D eigenvalue weighted by Crippen LogP contribution is -2.08. The van der Waals surface area contributed by atoms with E-state index in [1.165, 1.54) is 35.7 Å². The molecule has 0 bridgehead atoms. The van der Waals surface area contributed by atoms with E-state index in [1.807, 2.05) is 0 Å². The number of imidazole rings is 1. The number of rotatable bonds is 6. The van der Waals surface area contributed by atoms with Crippen molar-refractivity contribution in [2.75, 3.05) is 5.73 Å². The number of halogens is 1. The number of fused-ring (bicyclic) bond motifs is 1. The molecule has 1 aromatic heterocycles. The van der Waals surface area contributed by atoms with Gasteiger partial charge < -0.3 is 10.3 Å². The van der Waals surface area contributed by atoms with Crippen molar-refractivity contribution in [3.63, 3.8) is 0 Å². The van der Waals surface area contributed by atoms with Crippen LogP contribution in [0.4, 0.5) is 5.95 Å². The third-order valence-electron chi connectivity index (χ3n) is 3.60. The van der Waals surface area contributed by atoms with E-state index in [0.717, 1.165) is 11.0 Å². The van der Waals surface area contributed by atoms with Crippen LogP contribution < -0.4 is 5.73 Å². The van der Waals surface area contributed by atoms with Crippen LogP contribution in [0, 0.1) is 3.57 Å². The molecule has 4 heteroatoms. The Labute approximate surface area is 128 Å². The molecular weight excluding hydrogens is 349 g/mol. The lowest BCUT2D eigenvalue weighted by Gasteiger charge is -2.15. The molecule has 1 heterocycles. The Balaban J connectivity index is 2.16. The highest BCUT2D eigenvalue weighted by Gasteiger charge is 2.13. The summed E-state index contributed by atoms with van der Waals surface area (Å²) < 4.78 is 3.38. The number of nitrogens with zero attached hydrogens (tertiary/aromatic N) is 2. The highest BCUT2D eigenvalue weighted by molar-refractivity contribution is 14.1. The van der Waals surface area contributed by atoms with E-state index < -0.39 is 0 Å². The maximum absolute atomic E-state index is 6.08. The van der Waals surface area contributed by atoms with Crippen LogP contribution in [0.1, 0.15) is 52.0 Å². The monoisotopic (exact) mass is 371 g/mol. The molecule has 3 nitrogen and oxygen atoms in total. The van der Waals surface area contributed by atoms with E-state index >= 15 is 0 Å². The Morgan fingerprint density at radius 2 is 2.11 bits per heavy atom. The molecule has 104 valence electrons. The van der Waals surface area contributed by atoms with E-state index in [1.54, 1.807) is 0 Å². The summed E-state index contributed by atoms with van der Waals surface area (Å²) in [7, 11) is 0. The van der Waals surface area contributed by atoms with Gasteiger partial charge in [0, 0.05) is 9.61 Å². The van der Waals surface area contributed by atoms with Gasteiger partial charge in [-0.1, -0.05) is 32.6 Å². The Hall–Kier alpha value is -0.780. The van der Waals surface area contributed by atoms with Gasteiger partial charge in [0.25, 0.3) is 0 Å². The molecule has 2 aromatic rings. The number of benzene rings is 1. The molecule has 0 aliphatic carbocycles. The van der Waals surface area contributed by atoms with Gasteiger partial charge in [0.2, 0.25) is 5.95 Å². The summed E-state index contributed by atoms with van der Waals surface area (Å²) in [6.07, 6.45) is 6.35. The number of nitrogens with two attached hydrogens (primary N) is 1. The average Bonchev–Trinajstić information content (AvgIpc) is 2.69. The molecule has 0 aliphatic heterocycles. The summed E-state index contributed by atoms with van der Waals surface area (Å²) in [6.45, 7) is 4.48. The minimum Gasteiger partial charge on any atom is -0.369 e. The number of hydrogen-bond acceptors (Lipinski definition) is 2. The molecule has 0 saturated carbocycles. The SMILES string of the molecule is CCCCCCC(C)n1c(N)nc2cc(I)ccc21. The molecule has 1 unspecified atom stereocenters. The quantitative estimate of drug-likeness (QED) is 0.588. The van der Waals surface area contributed by atoms with Crippen LogP contribution in [-0.4, -0.2) is 9.55 Å². The first-order valence-corrected chi connectivity index (χ1v) is 8.14. The second kappa shape index (κ2) is 6.59. The third-order valence-corrected chi connectivity index (χ3v) is 4.27. The molecule has 2 rings (SSSR count). The summed E-state index contributed by atoms with van der Waals surface area (Å²) in [5, 5.41) is 0. The standard InChI is InChI=1S/C15H22IN3/c1-3-4-5-6-7-11(2)19-14-9-8-12(16)10-13(14)18-15(19)17/h8-11H,3-7H2,1-2H3,(H2,17,18). The third kappa shape index (κ3) is 3.41. The zero-order chi connectivity index (χ0) is 13.8. The van der Waals surface area contributed by atoms with Crippen LogP contribution in [0.2, 0.25) is 0 Å². The summed E-state index contributed by atoms with van der Waals surface area (Å²) in [6, 6.07) is 6.75. The first-order valence-electron chi connectivity index (χ1n) is 7.06. The van der Waals surface area contributed by atoms with Crippen molar-refractivity contribution in [2.24, 2.45) is 0 Å². The van der Waals surface area contributed by atoms with Gasteiger partial charge >= 0.3 is 0 Å². The van der Waals surface area contributed by atoms with Crippen LogP contribution in [0.5, 0.6) is 0 Å². The Kier molecular flexibility index (Phi) is 5.07. The zero-order valence-electron chi connectivity index (χ0n) is 11.7. The van der Waals surface area contributed by atoms with Crippen LogP contribution in [0.15, 0.2) is 18.2 Å². The highest BCUT2D eigenvalue weighted by atomic mass is 127. The largest absolute Gasteiger partial charge is 0.369 e. The van der Waals surface area contributed by atoms with Crippen molar-refractivity contribution in [1.82, 2.24) is 9.55 Å². The smallest absolute Gasteiger partial charge is 0.201 e. The molecule has 2 N–H and O–H groups in total. The molecule has 1 atom stereocenters. The number of hydrogen-bond donors (Lipinski definition) is 1. The Bertz CT molecular complexity index is 548. The molecule has 0 spiro atoms. The van der Waals surface area contributed by atoms with E-state index in [2.05, 4.69) is 64.2 Å². The fourth-order valence-electron chi connectivity index (χ4n) is 2.55. The number of aromatic nitrogens is 2. The maximum atomic E-state index is 6.08. The fourth-order valence-corrected chi connectivity index (χ4v) is 3.02. The van der Waals surface area contributed by atoms with E-state index in [4.69, 9.17) is 5.73 Å². The van der Waals surface area contributed by atoms with Crippen molar-refractivity contribution in [3.05, 3.63) is 21.8 Å². The van der Waals surface area contributed by atoms with Gasteiger partial charge in [-0.05, 0) is 54.1 Å². The predicted molar refractivity (Wildman–Crippen MR) is 90.3 cm³/mol. The Morgan fingerprint density at radius 1 is 1.32 bits per heavy atom. The number of unbranched alkanes of at least 4 members (excludes halogenated alkanes) is 3. The second-order valence-electron chi connectivity index (χ2n) is 5.17. The minimum atomic E-state index is 0.418. The van der Waals surface area contributed by atoms with Gasteiger partial charge in [0.05, 0.1) is 11.0 Å². The van der Waals surface area contributed by atoms with Gasteiger partial charge in [-0.15, -0.1) is 0 Å². The highest BCUT2D eigenvalue weighted by Crippen LogP contribution is 2.27. The molecule has 0 amide bonds. The molecule has 1 aromatic carbocycles. The van der Waals surface area contributed by atoms with Gasteiger partial charge in [-0.25, -0.2) is 4.98 Å². The summed E-state index contributed by atoms with van der Waals surface area (Å²) in [5.74, 6) is 0.639. The van der Waals surface area contributed by atoms with Crippen molar-refractivity contribution < 1.29 is 0 Å².